The fourth-order valence-electron chi connectivity index (χ4n) is 3.81. The molecule has 3 aromatic carbocycles. The molecule has 4 rings (SSSR count). The molecule has 17 heteroatoms. The molecule has 1 aliphatic rings. The number of hydrazone groups is 1. The van der Waals surface area contributed by atoms with Crippen molar-refractivity contribution in [2.75, 3.05) is 13.1 Å². The smallest absolute Gasteiger partial charge is 0.475 e. The Bertz CT molecular complexity index is 1520. The minimum Gasteiger partial charge on any atom is -0.475 e. The Balaban J connectivity index is 0.000000384. The van der Waals surface area contributed by atoms with Crippen LogP contribution in [-0.4, -0.2) is 73.2 Å². The van der Waals surface area contributed by atoms with Crippen LogP contribution < -0.4 is 10.6 Å². The summed E-state index contributed by atoms with van der Waals surface area (Å²) in [6.07, 6.45) is -7.76. The number of hydrogen-bond acceptors (Lipinski definition) is 7. The molecule has 1 saturated heterocycles. The number of carbonyl (C=O) groups is 2. The van der Waals surface area contributed by atoms with Crippen molar-refractivity contribution in [3.8, 4) is 0 Å². The molecule has 0 unspecified atom stereocenters. The number of likely N-dealkylation sites (tertiary alicyclic amines) is 1. The van der Waals surface area contributed by atoms with Crippen LogP contribution in [0.4, 0.5) is 26.3 Å². The van der Waals surface area contributed by atoms with Crippen molar-refractivity contribution in [1.29, 1.82) is 0 Å². The third kappa shape index (κ3) is 11.5. The summed E-state index contributed by atoms with van der Waals surface area (Å²) in [5.74, 6) is -0.290. The molecule has 0 bridgehead atoms. The van der Waals surface area contributed by atoms with Gasteiger partial charge in [-0.1, -0.05) is 48.5 Å². The number of alkyl halides is 6. The molecule has 0 spiro atoms. The van der Waals surface area contributed by atoms with E-state index in [-0.39, 0.29) is 6.04 Å². The minimum atomic E-state index is -5.08. The molecule has 1 aliphatic heterocycles. The second kappa shape index (κ2) is 14.8. The summed E-state index contributed by atoms with van der Waals surface area (Å²) >= 11 is 0. The Morgan fingerprint density at radius 3 is 2.07 bits per heavy atom. The fourth-order valence-corrected chi connectivity index (χ4v) is 5.11. The highest BCUT2D eigenvalue weighted by molar-refractivity contribution is 7.89. The number of hydrogen-bond donors (Lipinski definition) is 4. The molecule has 234 valence electrons. The van der Waals surface area contributed by atoms with Crippen molar-refractivity contribution in [1.82, 2.24) is 9.62 Å². The van der Waals surface area contributed by atoms with E-state index in [0.29, 0.717) is 11.4 Å². The van der Waals surface area contributed by atoms with Gasteiger partial charge in [-0.3, -0.25) is 4.90 Å². The van der Waals surface area contributed by atoms with Crippen molar-refractivity contribution in [3.05, 3.63) is 77.9 Å². The number of rotatable bonds is 6. The van der Waals surface area contributed by atoms with E-state index in [9.17, 15) is 34.8 Å². The van der Waals surface area contributed by atoms with Gasteiger partial charge < -0.3 is 16.1 Å². The zero-order valence-corrected chi connectivity index (χ0v) is 22.8. The molecule has 10 nitrogen and oxygen atoms in total. The SMILES string of the molecule is NN=Cc1cccc(CN2CC[C@H](NS(=O)(=O)c3ccc4ccccc4c3)C2)c1.O=C(O)C(F)(F)F.O=C(O)C(F)(F)F. The normalized spacial score (nSPS) is 15.8. The maximum atomic E-state index is 12.9. The van der Waals surface area contributed by atoms with Crippen molar-refractivity contribution >= 4 is 38.9 Å². The molecule has 0 aliphatic carbocycles. The van der Waals surface area contributed by atoms with Gasteiger partial charge >= 0.3 is 24.3 Å². The second-order valence-corrected chi connectivity index (χ2v) is 10.7. The van der Waals surface area contributed by atoms with E-state index in [0.717, 1.165) is 41.4 Å². The Morgan fingerprint density at radius 1 is 0.930 bits per heavy atom. The van der Waals surface area contributed by atoms with Gasteiger partial charge in [-0.05, 0) is 46.5 Å². The molecule has 1 heterocycles. The van der Waals surface area contributed by atoms with E-state index >= 15 is 0 Å². The Labute approximate surface area is 241 Å². The summed E-state index contributed by atoms with van der Waals surface area (Å²) in [4.78, 5) is 20.4. The Hall–Kier alpha value is -4.22. The molecule has 1 atom stereocenters. The topological polar surface area (TPSA) is 162 Å². The highest BCUT2D eigenvalue weighted by Crippen LogP contribution is 2.21. The molecule has 0 saturated carbocycles. The average molecular weight is 637 g/mol. The van der Waals surface area contributed by atoms with Crippen LogP contribution in [0.5, 0.6) is 0 Å². The summed E-state index contributed by atoms with van der Waals surface area (Å²) in [5, 5.41) is 19.8. The first-order valence-electron chi connectivity index (χ1n) is 12.1. The maximum Gasteiger partial charge on any atom is 0.490 e. The van der Waals surface area contributed by atoms with Crippen molar-refractivity contribution in [3.63, 3.8) is 0 Å². The third-order valence-electron chi connectivity index (χ3n) is 5.69. The van der Waals surface area contributed by atoms with Gasteiger partial charge in [-0.2, -0.15) is 31.4 Å². The van der Waals surface area contributed by atoms with Crippen molar-refractivity contribution in [2.24, 2.45) is 10.9 Å². The molecule has 3 aromatic rings. The lowest BCUT2D eigenvalue weighted by Crippen LogP contribution is -2.36. The fraction of sp³-hybridized carbons (Fsp3) is 0.269. The Kier molecular flexibility index (Phi) is 12.0. The highest BCUT2D eigenvalue weighted by Gasteiger charge is 2.38. The summed E-state index contributed by atoms with van der Waals surface area (Å²) in [5.41, 5.74) is 2.11. The van der Waals surface area contributed by atoms with Crippen molar-refractivity contribution < 1.29 is 54.6 Å². The summed E-state index contributed by atoms with van der Waals surface area (Å²) in [6.45, 7) is 2.29. The van der Waals surface area contributed by atoms with E-state index in [2.05, 4.69) is 20.8 Å². The maximum absolute atomic E-state index is 12.9. The number of sulfonamides is 1. The summed E-state index contributed by atoms with van der Waals surface area (Å²) < 4.78 is 92.1. The van der Waals surface area contributed by atoms with Crippen LogP contribution in [0.1, 0.15) is 17.5 Å². The third-order valence-corrected chi connectivity index (χ3v) is 7.21. The largest absolute Gasteiger partial charge is 0.490 e. The average Bonchev–Trinajstić information content (AvgIpc) is 3.34. The number of aliphatic carboxylic acids is 2. The molecule has 0 radical (unpaired) electrons. The van der Waals surface area contributed by atoms with E-state index in [1.807, 2.05) is 48.5 Å². The number of nitrogens with two attached hydrogens (primary N) is 1. The molecule has 43 heavy (non-hydrogen) atoms. The van der Waals surface area contributed by atoms with Crippen LogP contribution in [0.2, 0.25) is 0 Å². The molecular formula is C26H26F6N4O6S. The molecule has 1 fully saturated rings. The van der Waals surface area contributed by atoms with Gasteiger partial charge in [0.1, 0.15) is 0 Å². The van der Waals surface area contributed by atoms with Crippen LogP contribution in [0.3, 0.4) is 0 Å². The number of nitrogens with one attached hydrogen (secondary N) is 1. The van der Waals surface area contributed by atoms with Crippen LogP contribution >= 0.6 is 0 Å². The lowest BCUT2D eigenvalue weighted by Gasteiger charge is -2.17. The minimum absolute atomic E-state index is 0.0970. The van der Waals surface area contributed by atoms with Gasteiger partial charge in [-0.15, -0.1) is 0 Å². The van der Waals surface area contributed by atoms with Crippen LogP contribution in [0.15, 0.2) is 76.7 Å². The number of nitrogens with zero attached hydrogens (tertiary/aromatic N) is 2. The number of carboxylic acids is 2. The zero-order chi connectivity index (χ0) is 32.4. The summed E-state index contributed by atoms with van der Waals surface area (Å²) in [6, 6.07) is 20.9. The predicted octanol–water partition coefficient (Wildman–Crippen LogP) is 3.95. The lowest BCUT2D eigenvalue weighted by atomic mass is 10.1. The molecule has 0 amide bonds. The van der Waals surface area contributed by atoms with Gasteiger partial charge in [0.2, 0.25) is 10.0 Å². The first kappa shape index (κ1) is 35.0. The number of halogens is 6. The van der Waals surface area contributed by atoms with E-state index in [1.165, 1.54) is 0 Å². The van der Waals surface area contributed by atoms with Gasteiger partial charge in [0.15, 0.2) is 0 Å². The van der Waals surface area contributed by atoms with Crippen LogP contribution in [0, 0.1) is 0 Å². The van der Waals surface area contributed by atoms with Gasteiger partial charge in [0.25, 0.3) is 0 Å². The van der Waals surface area contributed by atoms with E-state index in [1.54, 1.807) is 18.3 Å². The van der Waals surface area contributed by atoms with Gasteiger partial charge in [0, 0.05) is 25.7 Å². The number of carboxylic acid groups (broad SMARTS) is 2. The van der Waals surface area contributed by atoms with Crippen molar-refractivity contribution in [2.45, 2.75) is 36.3 Å². The van der Waals surface area contributed by atoms with Crippen LogP contribution in [-0.2, 0) is 26.2 Å². The van der Waals surface area contributed by atoms with Gasteiger partial charge in [0.05, 0.1) is 11.1 Å². The molecular weight excluding hydrogens is 610 g/mol. The predicted molar refractivity (Wildman–Crippen MR) is 144 cm³/mol. The highest BCUT2D eigenvalue weighted by atomic mass is 32.2. The second-order valence-electron chi connectivity index (χ2n) is 8.98. The monoisotopic (exact) mass is 636 g/mol. The molecule has 0 aromatic heterocycles. The molecule has 5 N–H and O–H groups in total. The summed E-state index contributed by atoms with van der Waals surface area (Å²) in [7, 11) is -3.55. The first-order chi connectivity index (χ1) is 19.9. The van der Waals surface area contributed by atoms with E-state index < -0.39 is 34.3 Å². The quantitative estimate of drug-likeness (QED) is 0.137. The van der Waals surface area contributed by atoms with Gasteiger partial charge in [-0.25, -0.2) is 22.7 Å². The first-order valence-corrected chi connectivity index (χ1v) is 13.6. The Morgan fingerprint density at radius 2 is 1.51 bits per heavy atom. The standard InChI is InChI=1S/C22H24N4O2S.2C2HF3O2/c23-24-14-17-4-3-5-18(12-17)15-26-11-10-21(16-26)25-29(27,28)22-9-8-19-6-1-2-7-20(19)13-22;2*3-2(4,5)1(6)7/h1-9,12-14,21,25H,10-11,15-16,23H2;2*(H,6,7)/t21-;;/m0../s1. The number of benzene rings is 3. The van der Waals surface area contributed by atoms with Crippen LogP contribution in [0.25, 0.3) is 10.8 Å². The lowest BCUT2D eigenvalue weighted by molar-refractivity contribution is -0.193. The number of fused-ring (bicyclic) bond motifs is 1. The zero-order valence-electron chi connectivity index (χ0n) is 22.0. The van der Waals surface area contributed by atoms with E-state index in [4.69, 9.17) is 25.6 Å².